The Kier molecular flexibility index (Phi) is 4.55. The highest BCUT2D eigenvalue weighted by Gasteiger charge is 2.35. The Morgan fingerprint density at radius 3 is 2.53 bits per heavy atom. The van der Waals surface area contributed by atoms with Crippen LogP contribution >= 0.6 is 0 Å². The summed E-state index contributed by atoms with van der Waals surface area (Å²) in [7, 11) is 0.512. The van der Waals surface area contributed by atoms with E-state index in [4.69, 9.17) is 0 Å². The van der Waals surface area contributed by atoms with Crippen molar-refractivity contribution in [1.29, 1.82) is 0 Å². The predicted octanol–water partition coefficient (Wildman–Crippen LogP) is 0.514. The maximum atomic E-state index is 11.8. The second-order valence-electron chi connectivity index (χ2n) is 4.53. The van der Waals surface area contributed by atoms with E-state index in [1.807, 2.05) is 7.05 Å². The smallest absolute Gasteiger partial charge is 0.213 e. The molecule has 1 fully saturated rings. The Labute approximate surface area is 93.1 Å². The van der Waals surface area contributed by atoms with Gasteiger partial charge in [-0.2, -0.15) is 0 Å². The van der Waals surface area contributed by atoms with Gasteiger partial charge in [-0.3, -0.25) is 0 Å². The van der Waals surface area contributed by atoms with Crippen molar-refractivity contribution in [1.82, 2.24) is 9.62 Å². The molecule has 1 aliphatic rings. The first-order valence-electron chi connectivity index (χ1n) is 5.56. The van der Waals surface area contributed by atoms with Crippen LogP contribution in [-0.4, -0.2) is 45.7 Å². The van der Waals surface area contributed by atoms with Crippen molar-refractivity contribution in [2.24, 2.45) is 11.8 Å². The van der Waals surface area contributed by atoms with Crippen LogP contribution in [0.25, 0.3) is 0 Å². The molecule has 0 spiro atoms. The Bertz CT molecular complexity index is 290. The lowest BCUT2D eigenvalue weighted by Gasteiger charge is -2.16. The van der Waals surface area contributed by atoms with Crippen molar-refractivity contribution in [2.45, 2.75) is 19.8 Å². The molecule has 5 heteroatoms. The first kappa shape index (κ1) is 12.9. The summed E-state index contributed by atoms with van der Waals surface area (Å²) < 4.78 is 25.1. The predicted molar refractivity (Wildman–Crippen MR) is 62.2 cm³/mol. The van der Waals surface area contributed by atoms with E-state index in [0.29, 0.717) is 24.8 Å². The van der Waals surface area contributed by atoms with Crippen LogP contribution < -0.4 is 5.32 Å². The molecule has 90 valence electrons. The largest absolute Gasteiger partial charge is 0.320 e. The molecule has 15 heavy (non-hydrogen) atoms. The lowest BCUT2D eigenvalue weighted by Crippen LogP contribution is -2.32. The van der Waals surface area contributed by atoms with Crippen molar-refractivity contribution in [2.75, 3.05) is 32.9 Å². The minimum Gasteiger partial charge on any atom is -0.320 e. The summed E-state index contributed by atoms with van der Waals surface area (Å²) in [6.45, 7) is 3.63. The van der Waals surface area contributed by atoms with Gasteiger partial charge in [0.2, 0.25) is 10.0 Å². The van der Waals surface area contributed by atoms with E-state index < -0.39 is 10.0 Å². The first-order chi connectivity index (χ1) is 6.97. The van der Waals surface area contributed by atoms with Gasteiger partial charge in [0.05, 0.1) is 5.75 Å². The molecule has 0 amide bonds. The normalized spacial score (nSPS) is 25.9. The van der Waals surface area contributed by atoms with Crippen LogP contribution in [0.5, 0.6) is 0 Å². The van der Waals surface area contributed by atoms with Crippen molar-refractivity contribution < 1.29 is 8.42 Å². The van der Waals surface area contributed by atoms with Crippen LogP contribution in [0, 0.1) is 11.8 Å². The van der Waals surface area contributed by atoms with Gasteiger partial charge in [0, 0.05) is 13.6 Å². The van der Waals surface area contributed by atoms with Crippen LogP contribution in [0.1, 0.15) is 19.8 Å². The highest BCUT2D eigenvalue weighted by Crippen LogP contribution is 2.38. The zero-order valence-electron chi connectivity index (χ0n) is 9.86. The molecule has 0 radical (unpaired) electrons. The Balaban J connectivity index is 2.32. The van der Waals surface area contributed by atoms with Gasteiger partial charge in [0.15, 0.2) is 0 Å². The van der Waals surface area contributed by atoms with E-state index in [9.17, 15) is 8.42 Å². The number of hydrogen-bond donors (Lipinski definition) is 1. The van der Waals surface area contributed by atoms with Gasteiger partial charge in [-0.15, -0.1) is 0 Å². The van der Waals surface area contributed by atoms with E-state index in [1.54, 1.807) is 7.05 Å². The molecule has 1 rings (SSSR count). The quantitative estimate of drug-likeness (QED) is 0.653. The third-order valence-electron chi connectivity index (χ3n) is 3.07. The van der Waals surface area contributed by atoms with E-state index in [-0.39, 0.29) is 5.75 Å². The lowest BCUT2D eigenvalue weighted by atomic mass is 10.3. The number of nitrogens with zero attached hydrogens (tertiary/aromatic N) is 1. The molecule has 4 nitrogen and oxygen atoms in total. The van der Waals surface area contributed by atoms with Gasteiger partial charge in [-0.05, 0) is 38.3 Å². The molecule has 0 aromatic rings. The van der Waals surface area contributed by atoms with Gasteiger partial charge >= 0.3 is 0 Å². The van der Waals surface area contributed by atoms with Gasteiger partial charge < -0.3 is 5.32 Å². The second-order valence-corrected chi connectivity index (χ2v) is 6.72. The summed E-state index contributed by atoms with van der Waals surface area (Å²) in [6, 6.07) is 0. The van der Waals surface area contributed by atoms with Crippen molar-refractivity contribution in [3.63, 3.8) is 0 Å². The average Bonchev–Trinajstić information content (AvgIpc) is 2.82. The van der Waals surface area contributed by atoms with Gasteiger partial charge in [-0.1, -0.05) is 6.92 Å². The van der Waals surface area contributed by atoms with Crippen molar-refractivity contribution in [3.05, 3.63) is 0 Å². The lowest BCUT2D eigenvalue weighted by molar-refractivity contribution is 0.443. The summed E-state index contributed by atoms with van der Waals surface area (Å²) in [5.41, 5.74) is 0. The van der Waals surface area contributed by atoms with E-state index in [2.05, 4.69) is 12.2 Å². The molecule has 1 aliphatic carbocycles. The number of hydrogen-bond acceptors (Lipinski definition) is 3. The van der Waals surface area contributed by atoms with Gasteiger partial charge in [-0.25, -0.2) is 12.7 Å². The van der Waals surface area contributed by atoms with E-state index in [0.717, 1.165) is 6.54 Å². The molecule has 0 bridgehead atoms. The molecule has 1 saturated carbocycles. The second kappa shape index (κ2) is 5.27. The summed E-state index contributed by atoms with van der Waals surface area (Å²) in [6.07, 6.45) is 1.86. The highest BCUT2D eigenvalue weighted by atomic mass is 32.2. The van der Waals surface area contributed by atoms with Crippen LogP contribution in [0.3, 0.4) is 0 Å². The topological polar surface area (TPSA) is 49.4 Å². The first-order valence-corrected chi connectivity index (χ1v) is 7.17. The average molecular weight is 234 g/mol. The van der Waals surface area contributed by atoms with Crippen LogP contribution in [0.15, 0.2) is 0 Å². The van der Waals surface area contributed by atoms with E-state index in [1.165, 1.54) is 10.7 Å². The summed E-state index contributed by atoms with van der Waals surface area (Å²) >= 11 is 0. The maximum absolute atomic E-state index is 11.8. The van der Waals surface area contributed by atoms with Crippen LogP contribution in [0.4, 0.5) is 0 Å². The Morgan fingerprint density at radius 1 is 1.47 bits per heavy atom. The maximum Gasteiger partial charge on any atom is 0.213 e. The summed E-state index contributed by atoms with van der Waals surface area (Å²) in [5.74, 6) is 1.56. The molecular formula is C10H22N2O2S. The summed E-state index contributed by atoms with van der Waals surface area (Å²) in [5, 5.41) is 2.96. The van der Waals surface area contributed by atoms with Gasteiger partial charge in [0.25, 0.3) is 0 Å². The third-order valence-corrected chi connectivity index (χ3v) is 4.98. The Morgan fingerprint density at radius 2 is 2.07 bits per heavy atom. The molecule has 2 unspecified atom stereocenters. The van der Waals surface area contributed by atoms with Crippen LogP contribution in [-0.2, 0) is 10.0 Å². The molecule has 0 aromatic heterocycles. The molecule has 0 aliphatic heterocycles. The van der Waals surface area contributed by atoms with Gasteiger partial charge in [0.1, 0.15) is 0 Å². The SMILES string of the molecule is CNCCCS(=O)(=O)N(C)CC1CC1C. The highest BCUT2D eigenvalue weighted by molar-refractivity contribution is 7.89. The minimum absolute atomic E-state index is 0.255. The fourth-order valence-corrected chi connectivity index (χ4v) is 2.92. The number of sulfonamides is 1. The molecule has 0 aromatic carbocycles. The number of nitrogens with one attached hydrogen (secondary N) is 1. The number of rotatable bonds is 7. The fraction of sp³-hybridized carbons (Fsp3) is 1.00. The molecule has 0 heterocycles. The molecular weight excluding hydrogens is 212 g/mol. The fourth-order valence-electron chi connectivity index (χ4n) is 1.68. The monoisotopic (exact) mass is 234 g/mol. The zero-order valence-corrected chi connectivity index (χ0v) is 10.7. The van der Waals surface area contributed by atoms with Crippen molar-refractivity contribution in [3.8, 4) is 0 Å². The minimum atomic E-state index is -3.02. The molecule has 0 saturated heterocycles. The zero-order chi connectivity index (χ0) is 11.5. The Hall–Kier alpha value is -0.130. The standard InChI is InChI=1S/C10H22N2O2S/c1-9-7-10(9)8-12(3)15(13,14)6-4-5-11-2/h9-11H,4-8H2,1-3H3. The third kappa shape index (κ3) is 4.09. The van der Waals surface area contributed by atoms with E-state index >= 15 is 0 Å². The van der Waals surface area contributed by atoms with Crippen LogP contribution in [0.2, 0.25) is 0 Å². The van der Waals surface area contributed by atoms with Crippen molar-refractivity contribution >= 4 is 10.0 Å². The molecule has 2 atom stereocenters. The summed E-state index contributed by atoms with van der Waals surface area (Å²) in [4.78, 5) is 0. The molecule has 1 N–H and O–H groups in total.